The highest BCUT2D eigenvalue weighted by Crippen LogP contribution is 2.22. The fourth-order valence-corrected chi connectivity index (χ4v) is 1.87. The second-order valence-corrected chi connectivity index (χ2v) is 3.98. The number of nitrogens with zero attached hydrogens (tertiary/aromatic N) is 4. The molecule has 0 atom stereocenters. The molecule has 2 heterocycles. The van der Waals surface area contributed by atoms with Gasteiger partial charge in [-0.3, -0.25) is 14.3 Å². The number of amides is 2. The van der Waals surface area contributed by atoms with Gasteiger partial charge in [-0.25, -0.2) is 4.90 Å². The molecule has 0 aromatic carbocycles. The van der Waals surface area contributed by atoms with Crippen molar-refractivity contribution < 1.29 is 9.59 Å². The lowest BCUT2D eigenvalue weighted by atomic mass is 10.2. The fourth-order valence-electron chi connectivity index (χ4n) is 1.87. The van der Waals surface area contributed by atoms with Gasteiger partial charge in [0.25, 0.3) is 0 Å². The Morgan fingerprint density at radius 1 is 1.29 bits per heavy atom. The zero-order chi connectivity index (χ0) is 12.4. The van der Waals surface area contributed by atoms with E-state index >= 15 is 0 Å². The Morgan fingerprint density at radius 3 is 2.41 bits per heavy atom. The van der Waals surface area contributed by atoms with E-state index in [1.54, 1.807) is 7.05 Å². The molecule has 6 heteroatoms. The van der Waals surface area contributed by atoms with Gasteiger partial charge < -0.3 is 0 Å². The van der Waals surface area contributed by atoms with Crippen molar-refractivity contribution >= 4 is 17.6 Å². The Hall–Kier alpha value is -2.16. The Bertz CT molecular complexity index is 494. The predicted octanol–water partition coefficient (Wildman–Crippen LogP) is 0.725. The van der Waals surface area contributed by atoms with E-state index in [0.29, 0.717) is 25.7 Å². The topological polar surface area (TPSA) is 79.0 Å². The molecule has 6 nitrogen and oxygen atoms in total. The highest BCUT2D eigenvalue weighted by atomic mass is 16.2. The molecule has 0 N–H and O–H groups in total. The number of anilines is 1. The van der Waals surface area contributed by atoms with E-state index in [9.17, 15) is 9.59 Å². The molecule has 0 radical (unpaired) electrons. The largest absolute Gasteiger partial charge is 0.274 e. The molecule has 1 aliphatic rings. The number of rotatable bonds is 1. The maximum Gasteiger partial charge on any atom is 0.235 e. The molecule has 2 rings (SSSR count). The minimum Gasteiger partial charge on any atom is -0.274 e. The fraction of sp³-hybridized carbons (Fsp3) is 0.455. The van der Waals surface area contributed by atoms with E-state index < -0.39 is 0 Å². The number of aryl methyl sites for hydroxylation is 1. The van der Waals surface area contributed by atoms with Crippen LogP contribution in [0.1, 0.15) is 31.2 Å². The van der Waals surface area contributed by atoms with Gasteiger partial charge in [-0.05, 0) is 12.8 Å². The van der Waals surface area contributed by atoms with Crippen LogP contribution in [0.2, 0.25) is 0 Å². The summed E-state index contributed by atoms with van der Waals surface area (Å²) in [6.45, 7) is 0. The molecule has 0 saturated carbocycles. The first kappa shape index (κ1) is 11.3. The minimum absolute atomic E-state index is 0.159. The Kier molecular flexibility index (Phi) is 2.91. The summed E-state index contributed by atoms with van der Waals surface area (Å²) in [5.74, 6) is -0.391. The summed E-state index contributed by atoms with van der Waals surface area (Å²) < 4.78 is 1.43. The van der Waals surface area contributed by atoms with Gasteiger partial charge >= 0.3 is 0 Å². The van der Waals surface area contributed by atoms with Crippen LogP contribution in [0.3, 0.4) is 0 Å². The van der Waals surface area contributed by atoms with Gasteiger partial charge in [0.15, 0.2) is 5.82 Å². The van der Waals surface area contributed by atoms with Crippen molar-refractivity contribution in [2.45, 2.75) is 25.7 Å². The molecule has 0 aliphatic carbocycles. The van der Waals surface area contributed by atoms with Crippen LogP contribution in [0.15, 0.2) is 6.20 Å². The van der Waals surface area contributed by atoms with Crippen LogP contribution >= 0.6 is 0 Å². The standard InChI is InChI=1S/C11H12N4O2/c1-14-7-8(6-12)11(13-14)15-9(16)4-2-3-5-10(15)17/h7H,2-5H2,1H3. The Balaban J connectivity index is 2.45. The van der Waals surface area contributed by atoms with Crippen LogP contribution in [0.4, 0.5) is 5.82 Å². The summed E-state index contributed by atoms with van der Waals surface area (Å²) in [5.41, 5.74) is 0.246. The molecule has 88 valence electrons. The summed E-state index contributed by atoms with van der Waals surface area (Å²) in [7, 11) is 1.65. The van der Waals surface area contributed by atoms with E-state index in [4.69, 9.17) is 5.26 Å². The number of hydrogen-bond acceptors (Lipinski definition) is 4. The predicted molar refractivity (Wildman–Crippen MR) is 58.9 cm³/mol. The Labute approximate surface area is 98.4 Å². The first-order valence-corrected chi connectivity index (χ1v) is 5.43. The number of nitriles is 1. The average Bonchev–Trinajstić information content (AvgIpc) is 2.57. The summed E-state index contributed by atoms with van der Waals surface area (Å²) in [4.78, 5) is 24.7. The van der Waals surface area contributed by atoms with Crippen LogP contribution in [-0.2, 0) is 16.6 Å². The molecular formula is C11H12N4O2. The van der Waals surface area contributed by atoms with Crippen molar-refractivity contribution in [3.63, 3.8) is 0 Å². The molecule has 1 aliphatic heterocycles. The second-order valence-electron chi connectivity index (χ2n) is 3.98. The summed E-state index contributed by atoms with van der Waals surface area (Å²) in [6, 6.07) is 1.95. The molecule has 2 amide bonds. The first-order valence-electron chi connectivity index (χ1n) is 5.43. The average molecular weight is 232 g/mol. The number of hydrogen-bond donors (Lipinski definition) is 0. The molecule has 1 aromatic heterocycles. The van der Waals surface area contributed by atoms with Gasteiger partial charge in [-0.2, -0.15) is 10.4 Å². The highest BCUT2D eigenvalue weighted by molar-refractivity contribution is 6.15. The van der Waals surface area contributed by atoms with Gasteiger partial charge in [0.2, 0.25) is 11.8 Å². The summed E-state index contributed by atoms with van der Waals surface area (Å²) in [5, 5.41) is 13.0. The van der Waals surface area contributed by atoms with Crippen LogP contribution < -0.4 is 4.90 Å². The lowest BCUT2D eigenvalue weighted by Gasteiger charge is -2.15. The molecule has 1 fully saturated rings. The lowest BCUT2D eigenvalue weighted by Crippen LogP contribution is -2.36. The third kappa shape index (κ3) is 2.04. The van der Waals surface area contributed by atoms with E-state index in [0.717, 1.165) is 4.90 Å². The molecule has 0 spiro atoms. The van der Waals surface area contributed by atoms with E-state index in [-0.39, 0.29) is 23.2 Å². The SMILES string of the molecule is Cn1cc(C#N)c(N2C(=O)CCCCC2=O)n1. The summed E-state index contributed by atoms with van der Waals surface area (Å²) in [6.07, 6.45) is 3.56. The zero-order valence-electron chi connectivity index (χ0n) is 9.51. The van der Waals surface area contributed by atoms with Crippen molar-refractivity contribution in [2.75, 3.05) is 4.90 Å². The number of carbonyl (C=O) groups is 2. The first-order chi connectivity index (χ1) is 8.13. The van der Waals surface area contributed by atoms with Crippen LogP contribution in [0, 0.1) is 11.3 Å². The van der Waals surface area contributed by atoms with Crippen molar-refractivity contribution in [3.8, 4) is 6.07 Å². The maximum atomic E-state index is 11.8. The minimum atomic E-state index is -0.275. The van der Waals surface area contributed by atoms with Gasteiger partial charge in [0.1, 0.15) is 11.6 Å². The van der Waals surface area contributed by atoms with Crippen molar-refractivity contribution in [1.29, 1.82) is 5.26 Å². The second kappa shape index (κ2) is 4.37. The van der Waals surface area contributed by atoms with Crippen LogP contribution in [0.25, 0.3) is 0 Å². The number of imide groups is 1. The normalized spacial score (nSPS) is 16.8. The zero-order valence-corrected chi connectivity index (χ0v) is 9.51. The number of aromatic nitrogens is 2. The Morgan fingerprint density at radius 2 is 1.88 bits per heavy atom. The quantitative estimate of drug-likeness (QED) is 0.668. The smallest absolute Gasteiger partial charge is 0.235 e. The molecule has 0 bridgehead atoms. The van der Waals surface area contributed by atoms with Gasteiger partial charge in [-0.1, -0.05) is 0 Å². The van der Waals surface area contributed by atoms with Crippen LogP contribution in [-0.4, -0.2) is 21.6 Å². The van der Waals surface area contributed by atoms with Gasteiger partial charge in [0.05, 0.1) is 0 Å². The van der Waals surface area contributed by atoms with Gasteiger partial charge in [-0.15, -0.1) is 0 Å². The molecule has 1 saturated heterocycles. The molecule has 17 heavy (non-hydrogen) atoms. The van der Waals surface area contributed by atoms with E-state index in [2.05, 4.69) is 5.10 Å². The summed E-state index contributed by atoms with van der Waals surface area (Å²) >= 11 is 0. The van der Waals surface area contributed by atoms with Crippen molar-refractivity contribution in [2.24, 2.45) is 7.05 Å². The third-order valence-corrected chi connectivity index (χ3v) is 2.67. The molecular weight excluding hydrogens is 220 g/mol. The molecule has 0 unspecified atom stereocenters. The lowest BCUT2D eigenvalue weighted by molar-refractivity contribution is -0.125. The number of carbonyl (C=O) groups excluding carboxylic acids is 2. The molecule has 1 aromatic rings. The van der Waals surface area contributed by atoms with E-state index in [1.165, 1.54) is 10.9 Å². The van der Waals surface area contributed by atoms with Gasteiger partial charge in [0, 0.05) is 26.1 Å². The van der Waals surface area contributed by atoms with Crippen molar-refractivity contribution in [1.82, 2.24) is 9.78 Å². The van der Waals surface area contributed by atoms with Crippen LogP contribution in [0.5, 0.6) is 0 Å². The van der Waals surface area contributed by atoms with Crippen molar-refractivity contribution in [3.05, 3.63) is 11.8 Å². The maximum absolute atomic E-state index is 11.8. The monoisotopic (exact) mass is 232 g/mol. The highest BCUT2D eigenvalue weighted by Gasteiger charge is 2.29. The third-order valence-electron chi connectivity index (χ3n) is 2.67. The van der Waals surface area contributed by atoms with E-state index in [1.807, 2.05) is 6.07 Å².